The highest BCUT2D eigenvalue weighted by Gasteiger charge is 2.26. The van der Waals surface area contributed by atoms with Crippen LogP contribution < -0.4 is 5.32 Å². The number of amides is 1. The molecular weight excluding hydrogens is 326 g/mol. The highest BCUT2D eigenvalue weighted by molar-refractivity contribution is 9.09. The maximum Gasteiger partial charge on any atom is 0.251 e. The second-order valence-electron chi connectivity index (χ2n) is 5.83. The van der Waals surface area contributed by atoms with Crippen molar-refractivity contribution in [1.82, 2.24) is 5.32 Å². The van der Waals surface area contributed by atoms with Crippen LogP contribution in [0.1, 0.15) is 43.1 Å². The van der Waals surface area contributed by atoms with Crippen molar-refractivity contribution in [2.45, 2.75) is 40.2 Å². The first-order chi connectivity index (χ1) is 8.75. The van der Waals surface area contributed by atoms with Gasteiger partial charge in [-0.25, -0.2) is 0 Å². The summed E-state index contributed by atoms with van der Waals surface area (Å²) < 4.78 is 0. The van der Waals surface area contributed by atoms with E-state index in [0.29, 0.717) is 10.6 Å². The Morgan fingerprint density at radius 3 is 2.53 bits per heavy atom. The van der Waals surface area contributed by atoms with Gasteiger partial charge in [-0.3, -0.25) is 4.79 Å². The molecule has 0 aliphatic carbocycles. The van der Waals surface area contributed by atoms with E-state index in [4.69, 9.17) is 11.6 Å². The summed E-state index contributed by atoms with van der Waals surface area (Å²) >= 11 is 9.36. The van der Waals surface area contributed by atoms with Crippen molar-refractivity contribution in [2.24, 2.45) is 5.41 Å². The largest absolute Gasteiger partial charge is 0.349 e. The lowest BCUT2D eigenvalue weighted by molar-refractivity contribution is 0.0900. The minimum atomic E-state index is -0.0324. The standard InChI is InChI=1S/C15H21BrClNO/c1-10-9-11(17)5-6-12(10)14(19)18-13(7-8-16)15(2,3)4/h5-6,9,13H,7-8H2,1-4H3,(H,18,19). The summed E-state index contributed by atoms with van der Waals surface area (Å²) in [6.45, 7) is 8.30. The summed E-state index contributed by atoms with van der Waals surface area (Å²) in [6.07, 6.45) is 0.905. The Morgan fingerprint density at radius 1 is 1.42 bits per heavy atom. The minimum Gasteiger partial charge on any atom is -0.349 e. The average molecular weight is 347 g/mol. The zero-order valence-electron chi connectivity index (χ0n) is 11.9. The topological polar surface area (TPSA) is 29.1 Å². The summed E-state index contributed by atoms with van der Waals surface area (Å²) in [6, 6.07) is 5.47. The van der Waals surface area contributed by atoms with Crippen molar-refractivity contribution in [3.05, 3.63) is 34.3 Å². The summed E-state index contributed by atoms with van der Waals surface area (Å²) in [5, 5.41) is 4.65. The molecule has 0 aliphatic heterocycles. The van der Waals surface area contributed by atoms with Gasteiger partial charge in [-0.1, -0.05) is 48.3 Å². The van der Waals surface area contributed by atoms with Gasteiger partial charge >= 0.3 is 0 Å². The lowest BCUT2D eigenvalue weighted by Crippen LogP contribution is -2.44. The van der Waals surface area contributed by atoms with Crippen LogP contribution in [0.4, 0.5) is 0 Å². The van der Waals surface area contributed by atoms with Crippen LogP contribution in [0.2, 0.25) is 5.02 Å². The summed E-state index contributed by atoms with van der Waals surface area (Å²) in [7, 11) is 0. The van der Waals surface area contributed by atoms with Gasteiger partial charge in [-0.05, 0) is 42.5 Å². The van der Waals surface area contributed by atoms with E-state index in [2.05, 4.69) is 42.0 Å². The molecule has 1 atom stereocenters. The lowest BCUT2D eigenvalue weighted by atomic mass is 9.85. The van der Waals surface area contributed by atoms with E-state index in [1.807, 2.05) is 13.0 Å². The monoisotopic (exact) mass is 345 g/mol. The van der Waals surface area contributed by atoms with Crippen molar-refractivity contribution >= 4 is 33.4 Å². The predicted octanol–water partition coefficient (Wildman–Crippen LogP) is 4.58. The van der Waals surface area contributed by atoms with Gasteiger partial charge in [0.25, 0.3) is 5.91 Å². The molecule has 0 spiro atoms. The predicted molar refractivity (Wildman–Crippen MR) is 85.3 cm³/mol. The quantitative estimate of drug-likeness (QED) is 0.794. The number of aryl methyl sites for hydroxylation is 1. The van der Waals surface area contributed by atoms with E-state index < -0.39 is 0 Å². The van der Waals surface area contributed by atoms with Gasteiger partial charge in [0, 0.05) is 22.0 Å². The zero-order chi connectivity index (χ0) is 14.6. The molecule has 0 saturated carbocycles. The Morgan fingerprint density at radius 2 is 2.05 bits per heavy atom. The third kappa shape index (κ3) is 4.81. The summed E-state index contributed by atoms with van der Waals surface area (Å²) in [5.74, 6) is -0.0324. The molecule has 1 unspecified atom stereocenters. The van der Waals surface area contributed by atoms with Gasteiger partial charge in [-0.15, -0.1) is 0 Å². The Balaban J connectivity index is 2.88. The van der Waals surface area contributed by atoms with Gasteiger partial charge in [-0.2, -0.15) is 0 Å². The first kappa shape index (κ1) is 16.5. The molecule has 19 heavy (non-hydrogen) atoms. The van der Waals surface area contributed by atoms with E-state index in [1.54, 1.807) is 12.1 Å². The number of halogens is 2. The fraction of sp³-hybridized carbons (Fsp3) is 0.533. The zero-order valence-corrected chi connectivity index (χ0v) is 14.2. The van der Waals surface area contributed by atoms with Gasteiger partial charge in [0.2, 0.25) is 0 Å². The second kappa shape index (κ2) is 6.76. The van der Waals surface area contributed by atoms with Gasteiger partial charge in [0.1, 0.15) is 0 Å². The highest BCUT2D eigenvalue weighted by Crippen LogP contribution is 2.23. The number of nitrogens with one attached hydrogen (secondary N) is 1. The third-order valence-electron chi connectivity index (χ3n) is 3.18. The normalized spacial score (nSPS) is 13.2. The molecule has 0 fully saturated rings. The van der Waals surface area contributed by atoms with Crippen molar-refractivity contribution in [2.75, 3.05) is 5.33 Å². The van der Waals surface area contributed by atoms with Crippen LogP contribution in [0.25, 0.3) is 0 Å². The SMILES string of the molecule is Cc1cc(Cl)ccc1C(=O)NC(CCBr)C(C)(C)C. The summed E-state index contributed by atoms with van der Waals surface area (Å²) in [5.41, 5.74) is 1.62. The molecule has 0 radical (unpaired) electrons. The van der Waals surface area contributed by atoms with Gasteiger partial charge in [0.15, 0.2) is 0 Å². The average Bonchev–Trinajstić information content (AvgIpc) is 2.26. The van der Waals surface area contributed by atoms with E-state index in [-0.39, 0.29) is 17.4 Å². The Hall–Kier alpha value is -0.540. The number of carbonyl (C=O) groups is 1. The molecule has 0 saturated heterocycles. The fourth-order valence-electron chi connectivity index (χ4n) is 1.95. The molecule has 0 aromatic heterocycles. The lowest BCUT2D eigenvalue weighted by Gasteiger charge is -2.31. The van der Waals surface area contributed by atoms with E-state index >= 15 is 0 Å². The molecule has 1 N–H and O–H groups in total. The highest BCUT2D eigenvalue weighted by atomic mass is 79.9. The fourth-order valence-corrected chi connectivity index (χ4v) is 2.63. The maximum absolute atomic E-state index is 12.3. The summed E-state index contributed by atoms with van der Waals surface area (Å²) in [4.78, 5) is 12.3. The van der Waals surface area contributed by atoms with Crippen molar-refractivity contribution in [3.63, 3.8) is 0 Å². The number of hydrogen-bond acceptors (Lipinski definition) is 1. The molecule has 0 bridgehead atoms. The molecule has 2 nitrogen and oxygen atoms in total. The molecule has 0 heterocycles. The van der Waals surface area contributed by atoms with E-state index in [0.717, 1.165) is 17.3 Å². The first-order valence-electron chi connectivity index (χ1n) is 6.38. The van der Waals surface area contributed by atoms with Crippen molar-refractivity contribution in [3.8, 4) is 0 Å². The van der Waals surface area contributed by atoms with Crippen LogP contribution in [0.3, 0.4) is 0 Å². The molecular formula is C15H21BrClNO. The smallest absolute Gasteiger partial charge is 0.251 e. The van der Waals surface area contributed by atoms with Crippen LogP contribution in [-0.2, 0) is 0 Å². The number of hydrogen-bond donors (Lipinski definition) is 1. The number of carbonyl (C=O) groups excluding carboxylic acids is 1. The Bertz CT molecular complexity index is 454. The van der Waals surface area contributed by atoms with Crippen LogP contribution in [0, 0.1) is 12.3 Å². The number of alkyl halides is 1. The molecule has 1 rings (SSSR count). The number of rotatable bonds is 4. The molecule has 106 valence electrons. The minimum absolute atomic E-state index is 0.0315. The van der Waals surface area contributed by atoms with Crippen LogP contribution in [0.5, 0.6) is 0 Å². The van der Waals surface area contributed by atoms with Gasteiger partial charge in [0.05, 0.1) is 0 Å². The molecule has 4 heteroatoms. The third-order valence-corrected chi connectivity index (χ3v) is 3.87. The first-order valence-corrected chi connectivity index (χ1v) is 7.88. The van der Waals surface area contributed by atoms with Crippen LogP contribution in [0.15, 0.2) is 18.2 Å². The van der Waals surface area contributed by atoms with E-state index in [1.165, 1.54) is 0 Å². The van der Waals surface area contributed by atoms with Crippen molar-refractivity contribution < 1.29 is 4.79 Å². The molecule has 1 amide bonds. The number of benzene rings is 1. The molecule has 1 aromatic carbocycles. The van der Waals surface area contributed by atoms with Crippen molar-refractivity contribution in [1.29, 1.82) is 0 Å². The van der Waals surface area contributed by atoms with E-state index in [9.17, 15) is 4.79 Å². The molecule has 1 aromatic rings. The van der Waals surface area contributed by atoms with Crippen LogP contribution >= 0.6 is 27.5 Å². The Kier molecular flexibility index (Phi) is 5.87. The maximum atomic E-state index is 12.3. The Labute approximate surface area is 129 Å². The molecule has 0 aliphatic rings. The van der Waals surface area contributed by atoms with Gasteiger partial charge < -0.3 is 5.32 Å². The van der Waals surface area contributed by atoms with Crippen LogP contribution in [-0.4, -0.2) is 17.3 Å². The second-order valence-corrected chi connectivity index (χ2v) is 7.06.